The quantitative estimate of drug-likeness (QED) is 0.773. The summed E-state index contributed by atoms with van der Waals surface area (Å²) in [7, 11) is 0. The van der Waals surface area contributed by atoms with Crippen molar-refractivity contribution in [2.45, 2.75) is 43.0 Å². The molecular weight excluding hydrogens is 399 g/mol. The minimum absolute atomic E-state index is 0.0264. The van der Waals surface area contributed by atoms with E-state index in [0.29, 0.717) is 37.2 Å². The first-order chi connectivity index (χ1) is 14.6. The summed E-state index contributed by atoms with van der Waals surface area (Å²) in [5.74, 6) is 0.686. The first-order valence-corrected chi connectivity index (χ1v) is 11.6. The number of rotatable bonds is 5. The van der Waals surface area contributed by atoms with Crippen LogP contribution in [0.4, 0.5) is 4.39 Å². The summed E-state index contributed by atoms with van der Waals surface area (Å²) < 4.78 is 14.1. The lowest BCUT2D eigenvalue weighted by atomic mass is 9.94. The van der Waals surface area contributed by atoms with Crippen molar-refractivity contribution in [2.24, 2.45) is 5.92 Å². The summed E-state index contributed by atoms with van der Waals surface area (Å²) in [6, 6.07) is 15.0. The fourth-order valence-electron chi connectivity index (χ4n) is 4.27. The second-order valence-electron chi connectivity index (χ2n) is 8.00. The summed E-state index contributed by atoms with van der Waals surface area (Å²) in [5.41, 5.74) is 2.05. The molecule has 2 heterocycles. The molecule has 158 valence electrons. The first-order valence-electron chi connectivity index (χ1n) is 10.6. The average molecular weight is 427 g/mol. The minimum atomic E-state index is -0.209. The van der Waals surface area contributed by atoms with Gasteiger partial charge in [0.2, 0.25) is 11.8 Å². The Morgan fingerprint density at radius 3 is 2.57 bits per heavy atom. The van der Waals surface area contributed by atoms with Gasteiger partial charge in [-0.1, -0.05) is 42.5 Å². The van der Waals surface area contributed by atoms with Gasteiger partial charge in [0.05, 0.1) is 6.04 Å². The highest BCUT2D eigenvalue weighted by molar-refractivity contribution is 7.99. The van der Waals surface area contributed by atoms with Crippen molar-refractivity contribution < 1.29 is 14.0 Å². The van der Waals surface area contributed by atoms with Gasteiger partial charge in [0.25, 0.3) is 0 Å². The molecule has 1 fully saturated rings. The molecule has 0 aliphatic carbocycles. The number of nitrogens with one attached hydrogen (secondary N) is 1. The molecule has 0 saturated carbocycles. The standard InChI is InChI=1S/C24H27FN2O2S/c25-20-8-4-7-19-21(13-16-30-23(19)20)26-24(29)18-11-14-27(15-12-18)22(28)10-9-17-5-2-1-3-6-17/h1-8,18,21H,9-16H2,(H,26,29). The van der Waals surface area contributed by atoms with Crippen molar-refractivity contribution in [3.05, 3.63) is 65.5 Å². The lowest BCUT2D eigenvalue weighted by Crippen LogP contribution is -2.44. The molecule has 4 rings (SSSR count). The highest BCUT2D eigenvalue weighted by Crippen LogP contribution is 2.38. The molecule has 0 radical (unpaired) electrons. The Morgan fingerprint density at radius 1 is 1.03 bits per heavy atom. The van der Waals surface area contributed by atoms with Gasteiger partial charge in [-0.2, -0.15) is 0 Å². The molecule has 2 aliphatic rings. The number of aryl methyl sites for hydroxylation is 1. The summed E-state index contributed by atoms with van der Waals surface area (Å²) >= 11 is 1.52. The Kier molecular flexibility index (Phi) is 6.72. The van der Waals surface area contributed by atoms with Crippen LogP contribution in [0.15, 0.2) is 53.4 Å². The predicted molar refractivity (Wildman–Crippen MR) is 117 cm³/mol. The number of halogens is 1. The normalized spacial score (nSPS) is 19.2. The van der Waals surface area contributed by atoms with Gasteiger partial charge in [0.1, 0.15) is 5.82 Å². The molecule has 1 unspecified atom stereocenters. The van der Waals surface area contributed by atoms with E-state index in [2.05, 4.69) is 5.32 Å². The SMILES string of the molecule is O=C(NC1CCSc2c(F)cccc21)C1CCN(C(=O)CCc2ccccc2)CC1. The van der Waals surface area contributed by atoms with Crippen LogP contribution < -0.4 is 5.32 Å². The average Bonchev–Trinajstić information content (AvgIpc) is 2.79. The maximum atomic E-state index is 14.1. The van der Waals surface area contributed by atoms with E-state index >= 15 is 0 Å². The number of amides is 2. The topological polar surface area (TPSA) is 49.4 Å². The van der Waals surface area contributed by atoms with Crippen LogP contribution in [0.1, 0.15) is 42.9 Å². The molecule has 2 aromatic carbocycles. The molecule has 30 heavy (non-hydrogen) atoms. The zero-order valence-electron chi connectivity index (χ0n) is 17.0. The first kappa shape index (κ1) is 20.9. The van der Waals surface area contributed by atoms with Crippen molar-refractivity contribution in [1.29, 1.82) is 0 Å². The maximum Gasteiger partial charge on any atom is 0.223 e. The van der Waals surface area contributed by atoms with Crippen molar-refractivity contribution >= 4 is 23.6 Å². The van der Waals surface area contributed by atoms with Crippen LogP contribution >= 0.6 is 11.8 Å². The number of benzene rings is 2. The predicted octanol–water partition coefficient (Wildman–Crippen LogP) is 4.35. The zero-order chi connectivity index (χ0) is 20.9. The van der Waals surface area contributed by atoms with Gasteiger partial charge in [0, 0.05) is 36.1 Å². The van der Waals surface area contributed by atoms with Gasteiger partial charge in [-0.05, 0) is 42.9 Å². The van der Waals surface area contributed by atoms with Crippen molar-refractivity contribution in [3.8, 4) is 0 Å². The van der Waals surface area contributed by atoms with E-state index in [1.165, 1.54) is 23.4 Å². The largest absolute Gasteiger partial charge is 0.349 e. The number of hydrogen-bond acceptors (Lipinski definition) is 3. The Hall–Kier alpha value is -2.34. The third-order valence-corrected chi connectivity index (χ3v) is 7.19. The molecule has 4 nitrogen and oxygen atoms in total. The molecule has 2 aromatic rings. The van der Waals surface area contributed by atoms with E-state index in [4.69, 9.17) is 0 Å². The highest BCUT2D eigenvalue weighted by atomic mass is 32.2. The molecule has 2 aliphatic heterocycles. The molecule has 2 amide bonds. The summed E-state index contributed by atoms with van der Waals surface area (Å²) in [6.07, 6.45) is 3.42. The van der Waals surface area contributed by atoms with Gasteiger partial charge < -0.3 is 10.2 Å². The number of likely N-dealkylation sites (tertiary alicyclic amines) is 1. The maximum absolute atomic E-state index is 14.1. The van der Waals surface area contributed by atoms with Crippen molar-refractivity contribution in [2.75, 3.05) is 18.8 Å². The van der Waals surface area contributed by atoms with E-state index in [0.717, 1.165) is 24.2 Å². The Bertz CT molecular complexity index is 897. The van der Waals surface area contributed by atoms with Gasteiger partial charge in [-0.15, -0.1) is 11.8 Å². The number of nitrogens with zero attached hydrogens (tertiary/aromatic N) is 1. The van der Waals surface area contributed by atoms with Crippen LogP contribution in [-0.4, -0.2) is 35.6 Å². The van der Waals surface area contributed by atoms with Gasteiger partial charge >= 0.3 is 0 Å². The zero-order valence-corrected chi connectivity index (χ0v) is 17.8. The molecule has 1 saturated heterocycles. The highest BCUT2D eigenvalue weighted by Gasteiger charge is 2.30. The monoisotopic (exact) mass is 426 g/mol. The Labute approximate surface area is 181 Å². The second kappa shape index (κ2) is 9.65. The van der Waals surface area contributed by atoms with Gasteiger partial charge in [0.15, 0.2) is 0 Å². The third kappa shape index (κ3) is 4.86. The number of thioether (sulfide) groups is 1. The minimum Gasteiger partial charge on any atom is -0.349 e. The molecule has 1 atom stereocenters. The number of piperidine rings is 1. The smallest absolute Gasteiger partial charge is 0.223 e. The van der Waals surface area contributed by atoms with Crippen molar-refractivity contribution in [3.63, 3.8) is 0 Å². The molecule has 6 heteroatoms. The number of carbonyl (C=O) groups is 2. The van der Waals surface area contributed by atoms with Crippen LogP contribution in [0.3, 0.4) is 0 Å². The molecule has 0 aromatic heterocycles. The fraction of sp³-hybridized carbons (Fsp3) is 0.417. The van der Waals surface area contributed by atoms with Gasteiger partial charge in [-0.25, -0.2) is 4.39 Å². The summed E-state index contributed by atoms with van der Waals surface area (Å²) in [6.45, 7) is 1.24. The lowest BCUT2D eigenvalue weighted by molar-refractivity contribution is -0.135. The molecule has 0 spiro atoms. The number of fused-ring (bicyclic) bond motifs is 1. The van der Waals surface area contributed by atoms with Crippen LogP contribution in [0.25, 0.3) is 0 Å². The molecule has 0 bridgehead atoms. The summed E-state index contributed by atoms with van der Waals surface area (Å²) in [4.78, 5) is 27.9. The number of hydrogen-bond donors (Lipinski definition) is 1. The molecule has 1 N–H and O–H groups in total. The lowest BCUT2D eigenvalue weighted by Gasteiger charge is -2.33. The second-order valence-corrected chi connectivity index (χ2v) is 9.10. The van der Waals surface area contributed by atoms with E-state index < -0.39 is 0 Å². The van der Waals surface area contributed by atoms with E-state index in [1.54, 1.807) is 6.07 Å². The Morgan fingerprint density at radius 2 is 1.80 bits per heavy atom. The summed E-state index contributed by atoms with van der Waals surface area (Å²) in [5, 5.41) is 3.14. The van der Waals surface area contributed by atoms with Crippen molar-refractivity contribution in [1.82, 2.24) is 10.2 Å². The van der Waals surface area contributed by atoms with Crippen LogP contribution in [0, 0.1) is 11.7 Å². The van der Waals surface area contributed by atoms with E-state index in [9.17, 15) is 14.0 Å². The molecular formula is C24H27FN2O2S. The van der Waals surface area contributed by atoms with E-state index in [1.807, 2.05) is 41.3 Å². The van der Waals surface area contributed by atoms with E-state index in [-0.39, 0.29) is 29.6 Å². The number of carbonyl (C=O) groups excluding carboxylic acids is 2. The Balaban J connectivity index is 1.27. The third-order valence-electron chi connectivity index (χ3n) is 6.03. The fourth-order valence-corrected chi connectivity index (χ4v) is 5.41. The van der Waals surface area contributed by atoms with Crippen LogP contribution in [-0.2, 0) is 16.0 Å². The van der Waals surface area contributed by atoms with Crippen LogP contribution in [0.2, 0.25) is 0 Å². The van der Waals surface area contributed by atoms with Crippen LogP contribution in [0.5, 0.6) is 0 Å². The van der Waals surface area contributed by atoms with Gasteiger partial charge in [-0.3, -0.25) is 9.59 Å².